The fraction of sp³-hybridized carbons (Fsp3) is 0.143. The molecule has 0 saturated heterocycles. The van der Waals surface area contributed by atoms with Gasteiger partial charge in [0.05, 0.1) is 0 Å². The highest BCUT2D eigenvalue weighted by molar-refractivity contribution is 7.80. The van der Waals surface area contributed by atoms with Crippen molar-refractivity contribution < 1.29 is 4.79 Å². The van der Waals surface area contributed by atoms with Crippen LogP contribution in [0.2, 0.25) is 0 Å². The zero-order valence-electron chi connectivity index (χ0n) is 10.3. The van der Waals surface area contributed by atoms with Crippen molar-refractivity contribution in [2.45, 2.75) is 6.42 Å². The zero-order chi connectivity index (χ0) is 13.7. The van der Waals surface area contributed by atoms with E-state index in [2.05, 4.69) is 11.4 Å². The van der Waals surface area contributed by atoms with Crippen molar-refractivity contribution in [1.29, 1.82) is 0 Å². The Labute approximate surface area is 121 Å². The summed E-state index contributed by atoms with van der Waals surface area (Å²) in [5.74, 6) is -0.102. The number of nitrogens with two attached hydrogens (primary N) is 1. The lowest BCUT2D eigenvalue weighted by Gasteiger charge is -2.06. The summed E-state index contributed by atoms with van der Waals surface area (Å²) in [6.07, 6.45) is 0.846. The van der Waals surface area contributed by atoms with E-state index in [1.165, 1.54) is 4.88 Å². The number of carbonyl (C=O) groups excluding carboxylic acids is 1. The van der Waals surface area contributed by atoms with E-state index in [1.807, 2.05) is 11.4 Å². The van der Waals surface area contributed by atoms with Crippen LogP contribution in [0, 0.1) is 0 Å². The van der Waals surface area contributed by atoms with Gasteiger partial charge in [-0.2, -0.15) is 0 Å². The topological polar surface area (TPSA) is 55.1 Å². The third kappa shape index (κ3) is 3.87. The third-order valence-electron chi connectivity index (χ3n) is 2.65. The predicted octanol–water partition coefficient (Wildman–Crippen LogP) is 2.35. The standard InChI is InChI=1S/C14H14N2OS2/c15-13(18)10-3-1-4-11(9-10)14(17)16-7-6-12-5-2-8-19-12/h1-5,8-9H,6-7H2,(H2,15,18)(H,16,17). The van der Waals surface area contributed by atoms with Crippen LogP contribution in [0.5, 0.6) is 0 Å². The number of carbonyl (C=O) groups is 1. The molecule has 0 radical (unpaired) electrons. The van der Waals surface area contributed by atoms with Crippen LogP contribution in [0.25, 0.3) is 0 Å². The number of nitrogens with one attached hydrogen (secondary N) is 1. The molecule has 0 unspecified atom stereocenters. The summed E-state index contributed by atoms with van der Waals surface area (Å²) in [6.45, 7) is 0.622. The Balaban J connectivity index is 1.92. The molecule has 1 aromatic heterocycles. The first kappa shape index (κ1) is 13.7. The highest BCUT2D eigenvalue weighted by Crippen LogP contribution is 2.09. The number of rotatable bonds is 5. The molecular weight excluding hydrogens is 276 g/mol. The summed E-state index contributed by atoms with van der Waals surface area (Å²) in [4.78, 5) is 13.5. The van der Waals surface area contributed by atoms with Gasteiger partial charge in [-0.25, -0.2) is 0 Å². The minimum absolute atomic E-state index is 0.102. The van der Waals surface area contributed by atoms with Crippen LogP contribution in [0.4, 0.5) is 0 Å². The lowest BCUT2D eigenvalue weighted by molar-refractivity contribution is 0.0954. The third-order valence-corrected chi connectivity index (χ3v) is 3.82. The Hall–Kier alpha value is -1.72. The monoisotopic (exact) mass is 290 g/mol. The Morgan fingerprint density at radius 3 is 2.74 bits per heavy atom. The van der Waals surface area contributed by atoms with E-state index >= 15 is 0 Å². The molecular formula is C14H14N2OS2. The maximum atomic E-state index is 12.0. The number of hydrogen-bond acceptors (Lipinski definition) is 3. The van der Waals surface area contributed by atoms with E-state index in [9.17, 15) is 4.79 Å². The molecule has 0 saturated carbocycles. The molecule has 0 atom stereocenters. The molecule has 2 rings (SSSR count). The van der Waals surface area contributed by atoms with Gasteiger partial charge in [0.15, 0.2) is 0 Å². The van der Waals surface area contributed by atoms with Crippen molar-refractivity contribution in [3.8, 4) is 0 Å². The van der Waals surface area contributed by atoms with Gasteiger partial charge in [-0.3, -0.25) is 4.79 Å². The van der Waals surface area contributed by atoms with E-state index in [1.54, 1.807) is 35.6 Å². The average molecular weight is 290 g/mol. The van der Waals surface area contributed by atoms with Crippen LogP contribution < -0.4 is 11.1 Å². The fourth-order valence-electron chi connectivity index (χ4n) is 1.67. The average Bonchev–Trinajstić information content (AvgIpc) is 2.92. The normalized spacial score (nSPS) is 10.1. The van der Waals surface area contributed by atoms with Crippen LogP contribution in [0.1, 0.15) is 20.8 Å². The largest absolute Gasteiger partial charge is 0.389 e. The van der Waals surface area contributed by atoms with Gasteiger partial charge in [0, 0.05) is 22.5 Å². The molecule has 0 bridgehead atoms. The van der Waals surface area contributed by atoms with Crippen LogP contribution in [0.15, 0.2) is 41.8 Å². The van der Waals surface area contributed by atoms with Crippen LogP contribution in [0.3, 0.4) is 0 Å². The number of benzene rings is 1. The molecule has 1 aromatic carbocycles. The highest BCUT2D eigenvalue weighted by Gasteiger charge is 2.06. The molecule has 0 aliphatic heterocycles. The second kappa shape index (κ2) is 6.45. The molecule has 3 nitrogen and oxygen atoms in total. The van der Waals surface area contributed by atoms with Crippen molar-refractivity contribution in [3.05, 3.63) is 57.8 Å². The molecule has 19 heavy (non-hydrogen) atoms. The second-order valence-corrected chi connectivity index (χ2v) is 5.50. The van der Waals surface area contributed by atoms with E-state index in [4.69, 9.17) is 18.0 Å². The Morgan fingerprint density at radius 2 is 2.05 bits per heavy atom. The Bertz CT molecular complexity index is 579. The van der Waals surface area contributed by atoms with Crippen LogP contribution >= 0.6 is 23.6 Å². The molecule has 1 amide bonds. The Kier molecular flexibility index (Phi) is 4.65. The van der Waals surface area contributed by atoms with E-state index in [0.29, 0.717) is 22.7 Å². The maximum Gasteiger partial charge on any atom is 0.251 e. The van der Waals surface area contributed by atoms with Gasteiger partial charge in [-0.15, -0.1) is 11.3 Å². The zero-order valence-corrected chi connectivity index (χ0v) is 11.9. The molecule has 5 heteroatoms. The van der Waals surface area contributed by atoms with Crippen LogP contribution in [-0.2, 0) is 6.42 Å². The van der Waals surface area contributed by atoms with Gasteiger partial charge in [0.25, 0.3) is 5.91 Å². The first-order chi connectivity index (χ1) is 9.16. The Morgan fingerprint density at radius 1 is 1.26 bits per heavy atom. The number of amides is 1. The van der Waals surface area contributed by atoms with Gasteiger partial charge in [0.1, 0.15) is 4.99 Å². The minimum atomic E-state index is -0.102. The first-order valence-corrected chi connectivity index (χ1v) is 7.16. The van der Waals surface area contributed by atoms with Gasteiger partial charge in [-0.1, -0.05) is 30.4 Å². The van der Waals surface area contributed by atoms with Crippen molar-refractivity contribution in [1.82, 2.24) is 5.32 Å². The summed E-state index contributed by atoms with van der Waals surface area (Å²) in [5, 5.41) is 4.92. The summed E-state index contributed by atoms with van der Waals surface area (Å²) >= 11 is 6.59. The van der Waals surface area contributed by atoms with Crippen LogP contribution in [-0.4, -0.2) is 17.4 Å². The summed E-state index contributed by atoms with van der Waals surface area (Å²) in [6, 6.07) is 11.1. The molecule has 3 N–H and O–H groups in total. The smallest absolute Gasteiger partial charge is 0.251 e. The molecule has 0 spiro atoms. The summed E-state index contributed by atoms with van der Waals surface area (Å²) in [7, 11) is 0. The molecule has 0 fully saturated rings. The van der Waals surface area contributed by atoms with Gasteiger partial charge in [-0.05, 0) is 30.0 Å². The quantitative estimate of drug-likeness (QED) is 0.831. The van der Waals surface area contributed by atoms with Crippen molar-refractivity contribution in [2.24, 2.45) is 5.73 Å². The van der Waals surface area contributed by atoms with Gasteiger partial charge >= 0.3 is 0 Å². The summed E-state index contributed by atoms with van der Waals surface area (Å²) < 4.78 is 0. The lowest BCUT2D eigenvalue weighted by Crippen LogP contribution is -2.25. The SMILES string of the molecule is NC(=S)c1cccc(C(=O)NCCc2cccs2)c1. The van der Waals surface area contributed by atoms with Crippen molar-refractivity contribution in [3.63, 3.8) is 0 Å². The van der Waals surface area contributed by atoms with Gasteiger partial charge in [0.2, 0.25) is 0 Å². The first-order valence-electron chi connectivity index (χ1n) is 5.87. The maximum absolute atomic E-state index is 12.0. The molecule has 0 aliphatic rings. The van der Waals surface area contributed by atoms with Gasteiger partial charge < -0.3 is 11.1 Å². The van der Waals surface area contributed by atoms with E-state index < -0.39 is 0 Å². The predicted molar refractivity (Wildman–Crippen MR) is 82.7 cm³/mol. The molecule has 0 aliphatic carbocycles. The molecule has 1 heterocycles. The summed E-state index contributed by atoms with van der Waals surface area (Å²) in [5.41, 5.74) is 6.84. The van der Waals surface area contributed by atoms with Crippen molar-refractivity contribution >= 4 is 34.5 Å². The second-order valence-electron chi connectivity index (χ2n) is 4.03. The number of thiocarbonyl (C=S) groups is 1. The molecule has 98 valence electrons. The number of thiophene rings is 1. The van der Waals surface area contributed by atoms with E-state index in [-0.39, 0.29) is 5.91 Å². The molecule has 2 aromatic rings. The number of hydrogen-bond donors (Lipinski definition) is 2. The lowest BCUT2D eigenvalue weighted by atomic mass is 10.1. The van der Waals surface area contributed by atoms with E-state index in [0.717, 1.165) is 6.42 Å². The highest BCUT2D eigenvalue weighted by atomic mass is 32.1. The minimum Gasteiger partial charge on any atom is -0.389 e. The fourth-order valence-corrected chi connectivity index (χ4v) is 2.51. The van der Waals surface area contributed by atoms with Crippen molar-refractivity contribution in [2.75, 3.05) is 6.54 Å².